The number of sulfonamides is 1. The SMILES string of the molecule is CS(=O)(=O)Nc1cc(NC(=O)C(N)C2CCOCC2)ccc1F. The molecule has 7 nitrogen and oxygen atoms in total. The third-order valence-corrected chi connectivity index (χ3v) is 4.20. The molecule has 0 aromatic heterocycles. The minimum absolute atomic E-state index is 0.0258. The average Bonchev–Trinajstić information content (AvgIpc) is 2.49. The zero-order valence-corrected chi connectivity index (χ0v) is 13.5. The number of ether oxygens (including phenoxy) is 1. The summed E-state index contributed by atoms with van der Waals surface area (Å²) in [6, 6.07) is 2.93. The van der Waals surface area contributed by atoms with Crippen molar-refractivity contribution in [1.82, 2.24) is 0 Å². The van der Waals surface area contributed by atoms with Crippen LogP contribution in [0.15, 0.2) is 18.2 Å². The summed E-state index contributed by atoms with van der Waals surface area (Å²) in [7, 11) is -3.62. The van der Waals surface area contributed by atoms with Crippen molar-refractivity contribution < 1.29 is 22.3 Å². The Hall–Kier alpha value is -1.71. The quantitative estimate of drug-likeness (QED) is 0.734. The van der Waals surface area contributed by atoms with Crippen molar-refractivity contribution in [2.45, 2.75) is 18.9 Å². The molecule has 1 atom stereocenters. The first kappa shape index (κ1) is 17.6. The molecule has 4 N–H and O–H groups in total. The average molecular weight is 345 g/mol. The Morgan fingerprint density at radius 3 is 2.65 bits per heavy atom. The van der Waals surface area contributed by atoms with Gasteiger partial charge in [-0.3, -0.25) is 9.52 Å². The number of hydrogen-bond acceptors (Lipinski definition) is 5. The summed E-state index contributed by atoms with van der Waals surface area (Å²) < 4.78 is 43.3. The second kappa shape index (κ2) is 7.24. The number of anilines is 2. The lowest BCUT2D eigenvalue weighted by Crippen LogP contribution is -2.44. The Labute approximate surface area is 134 Å². The maximum absolute atomic E-state index is 13.6. The van der Waals surface area contributed by atoms with Gasteiger partial charge in [0.05, 0.1) is 18.0 Å². The normalized spacial score (nSPS) is 17.5. The number of benzene rings is 1. The number of hydrogen-bond donors (Lipinski definition) is 3. The molecule has 1 fully saturated rings. The van der Waals surface area contributed by atoms with Crippen molar-refractivity contribution >= 4 is 27.3 Å². The molecular formula is C14H20FN3O4S. The minimum atomic E-state index is -3.62. The summed E-state index contributed by atoms with van der Waals surface area (Å²) >= 11 is 0. The summed E-state index contributed by atoms with van der Waals surface area (Å²) in [5, 5.41) is 2.59. The van der Waals surface area contributed by atoms with E-state index in [9.17, 15) is 17.6 Å². The van der Waals surface area contributed by atoms with Gasteiger partial charge in [-0.1, -0.05) is 0 Å². The molecule has 1 aliphatic heterocycles. The van der Waals surface area contributed by atoms with Crippen molar-refractivity contribution in [2.75, 3.05) is 29.5 Å². The van der Waals surface area contributed by atoms with Crippen LogP contribution in [-0.2, 0) is 19.6 Å². The molecule has 0 bridgehead atoms. The van der Waals surface area contributed by atoms with Crippen LogP contribution in [-0.4, -0.2) is 39.8 Å². The Bertz CT molecular complexity index is 675. The minimum Gasteiger partial charge on any atom is -0.381 e. The molecule has 1 aliphatic rings. The van der Waals surface area contributed by atoms with Crippen LogP contribution < -0.4 is 15.8 Å². The zero-order chi connectivity index (χ0) is 17.0. The monoisotopic (exact) mass is 345 g/mol. The molecule has 2 rings (SSSR count). The molecule has 1 aromatic carbocycles. The van der Waals surface area contributed by atoms with Gasteiger partial charge in [0.1, 0.15) is 5.82 Å². The maximum Gasteiger partial charge on any atom is 0.241 e. The van der Waals surface area contributed by atoms with Gasteiger partial charge in [-0.2, -0.15) is 0 Å². The summed E-state index contributed by atoms with van der Waals surface area (Å²) in [6.07, 6.45) is 2.33. The zero-order valence-electron chi connectivity index (χ0n) is 12.7. The Balaban J connectivity index is 2.07. The van der Waals surface area contributed by atoms with Crippen molar-refractivity contribution in [1.29, 1.82) is 0 Å². The first-order chi connectivity index (χ1) is 10.8. The molecule has 1 aromatic rings. The maximum atomic E-state index is 13.6. The summed E-state index contributed by atoms with van der Waals surface area (Å²) in [4.78, 5) is 12.2. The first-order valence-electron chi connectivity index (χ1n) is 7.18. The van der Waals surface area contributed by atoms with E-state index in [4.69, 9.17) is 10.5 Å². The molecule has 0 spiro atoms. The fourth-order valence-corrected chi connectivity index (χ4v) is 2.95. The lowest BCUT2D eigenvalue weighted by atomic mass is 9.92. The van der Waals surface area contributed by atoms with Gasteiger partial charge in [-0.15, -0.1) is 0 Å². The molecule has 1 saturated heterocycles. The van der Waals surface area contributed by atoms with Crippen molar-refractivity contribution in [3.8, 4) is 0 Å². The lowest BCUT2D eigenvalue weighted by molar-refractivity contribution is -0.119. The molecule has 1 unspecified atom stereocenters. The summed E-state index contributed by atoms with van der Waals surface area (Å²) in [5.74, 6) is -1.10. The first-order valence-corrected chi connectivity index (χ1v) is 9.07. The molecule has 0 aliphatic carbocycles. The molecule has 0 saturated carbocycles. The predicted molar refractivity (Wildman–Crippen MR) is 85.0 cm³/mol. The number of amides is 1. The highest BCUT2D eigenvalue weighted by Crippen LogP contribution is 2.22. The summed E-state index contributed by atoms with van der Waals surface area (Å²) in [5.41, 5.74) is 5.99. The van der Waals surface area contributed by atoms with Crippen LogP contribution in [0.2, 0.25) is 0 Å². The van der Waals surface area contributed by atoms with Crippen molar-refractivity contribution in [3.05, 3.63) is 24.0 Å². The van der Waals surface area contributed by atoms with Gasteiger partial charge in [0, 0.05) is 18.9 Å². The van der Waals surface area contributed by atoms with Crippen LogP contribution in [0.4, 0.5) is 15.8 Å². The molecule has 23 heavy (non-hydrogen) atoms. The fourth-order valence-electron chi connectivity index (χ4n) is 2.40. The molecule has 1 amide bonds. The highest BCUT2D eigenvalue weighted by Gasteiger charge is 2.26. The predicted octanol–water partition coefficient (Wildman–Crippen LogP) is 0.890. The standard InChI is InChI=1S/C14H20FN3O4S/c1-23(20,21)18-12-8-10(2-3-11(12)15)17-14(19)13(16)9-4-6-22-7-5-9/h2-3,8-9,13,18H,4-7,16H2,1H3,(H,17,19). The Morgan fingerprint density at radius 1 is 1.39 bits per heavy atom. The smallest absolute Gasteiger partial charge is 0.241 e. The molecule has 9 heteroatoms. The Kier molecular flexibility index (Phi) is 5.55. The van der Waals surface area contributed by atoms with E-state index in [0.29, 0.717) is 26.1 Å². The van der Waals surface area contributed by atoms with E-state index in [1.807, 2.05) is 0 Å². The third kappa shape index (κ3) is 5.15. The van der Waals surface area contributed by atoms with Crippen LogP contribution in [0.3, 0.4) is 0 Å². The highest BCUT2D eigenvalue weighted by atomic mass is 32.2. The number of nitrogens with one attached hydrogen (secondary N) is 2. The van der Waals surface area contributed by atoms with E-state index in [2.05, 4.69) is 10.0 Å². The van der Waals surface area contributed by atoms with Gasteiger partial charge in [0.2, 0.25) is 15.9 Å². The van der Waals surface area contributed by atoms with Crippen molar-refractivity contribution in [3.63, 3.8) is 0 Å². The van der Waals surface area contributed by atoms with E-state index < -0.39 is 27.8 Å². The van der Waals surface area contributed by atoms with Crippen LogP contribution in [0.1, 0.15) is 12.8 Å². The highest BCUT2D eigenvalue weighted by molar-refractivity contribution is 7.92. The van der Waals surface area contributed by atoms with Gasteiger partial charge in [-0.25, -0.2) is 12.8 Å². The molecule has 128 valence electrons. The van der Waals surface area contributed by atoms with Crippen LogP contribution in [0.25, 0.3) is 0 Å². The summed E-state index contributed by atoms with van der Waals surface area (Å²) in [6.45, 7) is 1.15. The van der Waals surface area contributed by atoms with Gasteiger partial charge < -0.3 is 15.8 Å². The number of halogens is 1. The number of nitrogens with two attached hydrogens (primary N) is 1. The topological polar surface area (TPSA) is 111 Å². The molecular weight excluding hydrogens is 325 g/mol. The van der Waals surface area contributed by atoms with Gasteiger partial charge in [0.15, 0.2) is 0 Å². The Morgan fingerprint density at radius 2 is 2.04 bits per heavy atom. The van der Waals surface area contributed by atoms with Gasteiger partial charge in [0.25, 0.3) is 0 Å². The van der Waals surface area contributed by atoms with Crippen LogP contribution >= 0.6 is 0 Å². The number of carbonyl (C=O) groups is 1. The van der Waals surface area contributed by atoms with E-state index in [1.165, 1.54) is 12.1 Å². The van der Waals surface area contributed by atoms with Crippen LogP contribution in [0.5, 0.6) is 0 Å². The van der Waals surface area contributed by atoms with E-state index >= 15 is 0 Å². The lowest BCUT2D eigenvalue weighted by Gasteiger charge is -2.26. The third-order valence-electron chi connectivity index (χ3n) is 3.61. The second-order valence-corrected chi connectivity index (χ2v) is 7.28. The van der Waals surface area contributed by atoms with Crippen molar-refractivity contribution in [2.24, 2.45) is 11.7 Å². The van der Waals surface area contributed by atoms with Gasteiger partial charge in [-0.05, 0) is 37.0 Å². The largest absolute Gasteiger partial charge is 0.381 e. The van der Waals surface area contributed by atoms with E-state index in [-0.39, 0.29) is 17.3 Å². The second-order valence-electron chi connectivity index (χ2n) is 5.53. The fraction of sp³-hybridized carbons (Fsp3) is 0.500. The van der Waals surface area contributed by atoms with Crippen LogP contribution in [0, 0.1) is 11.7 Å². The van der Waals surface area contributed by atoms with Gasteiger partial charge >= 0.3 is 0 Å². The van der Waals surface area contributed by atoms with E-state index in [1.54, 1.807) is 0 Å². The molecule has 0 radical (unpaired) electrons. The molecule has 1 heterocycles. The number of carbonyl (C=O) groups excluding carboxylic acids is 1. The van der Waals surface area contributed by atoms with E-state index in [0.717, 1.165) is 12.3 Å². The number of rotatable bonds is 5.